The molecule has 4 rings (SSSR count). The number of hydrogen-bond donors (Lipinski definition) is 1. The van der Waals surface area contributed by atoms with E-state index < -0.39 is 6.43 Å². The van der Waals surface area contributed by atoms with E-state index in [0.717, 1.165) is 5.56 Å². The minimum absolute atomic E-state index is 0.0652. The maximum absolute atomic E-state index is 13.3. The number of fused-ring (bicyclic) bond motifs is 1. The Morgan fingerprint density at radius 3 is 2.59 bits per heavy atom. The predicted octanol–water partition coefficient (Wildman–Crippen LogP) is 4.77. The van der Waals surface area contributed by atoms with Crippen molar-refractivity contribution >= 4 is 11.6 Å². The Bertz CT molecular complexity index is 1200. The van der Waals surface area contributed by atoms with E-state index >= 15 is 0 Å². The summed E-state index contributed by atoms with van der Waals surface area (Å²) in [4.78, 5) is 12.8. The van der Waals surface area contributed by atoms with Gasteiger partial charge in [0.25, 0.3) is 6.43 Å². The topological polar surface area (TPSA) is 78.9 Å². The fraction of sp³-hybridized carbons (Fsp3) is 0.143. The second-order valence-corrected chi connectivity index (χ2v) is 6.45. The Morgan fingerprint density at radius 2 is 1.86 bits per heavy atom. The maximum Gasteiger partial charge on any atom is 0.267 e. The fourth-order valence-electron chi connectivity index (χ4n) is 3.13. The molecular weight excluding hydrogens is 374 g/mol. The SMILES string of the molecule is C[C@H](Nc1ncc(C#N)c(-c2cnc3c(C(F)F)cccn23)n1)c1ccccc1. The van der Waals surface area contributed by atoms with Crippen molar-refractivity contribution in [3.05, 3.63) is 77.7 Å². The number of nitrogens with one attached hydrogen (secondary N) is 1. The van der Waals surface area contributed by atoms with Gasteiger partial charge < -0.3 is 5.32 Å². The van der Waals surface area contributed by atoms with Crippen LogP contribution in [-0.4, -0.2) is 19.4 Å². The summed E-state index contributed by atoms with van der Waals surface area (Å²) in [7, 11) is 0. The number of nitrogens with zero attached hydrogens (tertiary/aromatic N) is 5. The molecule has 0 bridgehead atoms. The summed E-state index contributed by atoms with van der Waals surface area (Å²) in [6.45, 7) is 1.97. The largest absolute Gasteiger partial charge is 0.348 e. The van der Waals surface area contributed by atoms with E-state index in [1.165, 1.54) is 28.9 Å². The van der Waals surface area contributed by atoms with Crippen molar-refractivity contribution in [3.8, 4) is 17.5 Å². The van der Waals surface area contributed by atoms with E-state index in [2.05, 4.69) is 26.3 Å². The molecule has 0 fully saturated rings. The molecule has 4 aromatic rings. The molecule has 144 valence electrons. The minimum atomic E-state index is -2.65. The molecule has 0 aliphatic rings. The van der Waals surface area contributed by atoms with Gasteiger partial charge in [-0.1, -0.05) is 30.3 Å². The van der Waals surface area contributed by atoms with Gasteiger partial charge in [0.15, 0.2) is 0 Å². The van der Waals surface area contributed by atoms with Gasteiger partial charge in [0.1, 0.15) is 17.4 Å². The minimum Gasteiger partial charge on any atom is -0.348 e. The number of imidazole rings is 1. The highest BCUT2D eigenvalue weighted by Gasteiger charge is 2.19. The highest BCUT2D eigenvalue weighted by molar-refractivity contribution is 5.68. The normalized spacial score (nSPS) is 12.1. The van der Waals surface area contributed by atoms with Gasteiger partial charge in [-0.2, -0.15) is 5.26 Å². The van der Waals surface area contributed by atoms with Crippen molar-refractivity contribution < 1.29 is 8.78 Å². The summed E-state index contributed by atoms with van der Waals surface area (Å²) in [5.41, 5.74) is 2.00. The molecule has 0 spiro atoms. The van der Waals surface area contributed by atoms with Crippen LogP contribution < -0.4 is 5.32 Å². The van der Waals surface area contributed by atoms with Gasteiger partial charge in [0, 0.05) is 6.20 Å². The zero-order valence-electron chi connectivity index (χ0n) is 15.4. The van der Waals surface area contributed by atoms with Crippen LogP contribution in [0.1, 0.15) is 36.1 Å². The molecule has 0 radical (unpaired) electrons. The summed E-state index contributed by atoms with van der Waals surface area (Å²) in [6.07, 6.45) is 1.82. The number of nitriles is 1. The summed E-state index contributed by atoms with van der Waals surface area (Å²) in [5.74, 6) is 0.329. The van der Waals surface area contributed by atoms with Gasteiger partial charge in [0.05, 0.1) is 35.3 Å². The molecule has 0 aliphatic carbocycles. The first-order valence-corrected chi connectivity index (χ1v) is 8.91. The summed E-state index contributed by atoms with van der Waals surface area (Å²) in [6, 6.07) is 14.6. The zero-order valence-corrected chi connectivity index (χ0v) is 15.4. The molecule has 0 unspecified atom stereocenters. The first kappa shape index (κ1) is 18.5. The molecule has 1 N–H and O–H groups in total. The Hall–Kier alpha value is -3.86. The van der Waals surface area contributed by atoms with Crippen molar-refractivity contribution in [2.45, 2.75) is 19.4 Å². The molecular formula is C21H16F2N6. The fourth-order valence-corrected chi connectivity index (χ4v) is 3.13. The number of rotatable bonds is 5. The third kappa shape index (κ3) is 3.50. The lowest BCUT2D eigenvalue weighted by molar-refractivity contribution is 0.152. The summed E-state index contributed by atoms with van der Waals surface area (Å²) in [5, 5.41) is 12.7. The summed E-state index contributed by atoms with van der Waals surface area (Å²) >= 11 is 0. The number of hydrogen-bond acceptors (Lipinski definition) is 5. The van der Waals surface area contributed by atoms with E-state index in [1.807, 2.05) is 37.3 Å². The first-order valence-electron chi connectivity index (χ1n) is 8.91. The molecule has 1 aromatic carbocycles. The van der Waals surface area contributed by atoms with Gasteiger partial charge in [0.2, 0.25) is 5.95 Å². The Kier molecular flexibility index (Phi) is 4.87. The van der Waals surface area contributed by atoms with Gasteiger partial charge in [-0.15, -0.1) is 0 Å². The monoisotopic (exact) mass is 390 g/mol. The zero-order chi connectivity index (χ0) is 20.4. The molecule has 29 heavy (non-hydrogen) atoms. The van der Waals surface area contributed by atoms with Gasteiger partial charge in [-0.25, -0.2) is 23.7 Å². The molecule has 0 amide bonds. The molecule has 8 heteroatoms. The predicted molar refractivity (Wildman–Crippen MR) is 104 cm³/mol. The molecule has 3 heterocycles. The van der Waals surface area contributed by atoms with Crippen molar-refractivity contribution in [2.24, 2.45) is 0 Å². The Labute approximate surface area is 165 Å². The number of pyridine rings is 1. The lowest BCUT2D eigenvalue weighted by atomic mass is 10.1. The number of benzene rings is 1. The maximum atomic E-state index is 13.3. The van der Waals surface area contributed by atoms with E-state index in [-0.39, 0.29) is 22.8 Å². The smallest absolute Gasteiger partial charge is 0.267 e. The van der Waals surface area contributed by atoms with E-state index in [1.54, 1.807) is 6.20 Å². The number of halogens is 2. The van der Waals surface area contributed by atoms with Crippen LogP contribution in [0.3, 0.4) is 0 Å². The molecule has 0 saturated heterocycles. The van der Waals surface area contributed by atoms with Gasteiger partial charge >= 0.3 is 0 Å². The van der Waals surface area contributed by atoms with Crippen molar-refractivity contribution in [1.82, 2.24) is 19.4 Å². The van der Waals surface area contributed by atoms with Crippen molar-refractivity contribution in [3.63, 3.8) is 0 Å². The quantitative estimate of drug-likeness (QED) is 0.531. The summed E-state index contributed by atoms with van der Waals surface area (Å²) < 4.78 is 28.1. The van der Waals surface area contributed by atoms with E-state index in [9.17, 15) is 14.0 Å². The van der Waals surface area contributed by atoms with Crippen LogP contribution in [0.4, 0.5) is 14.7 Å². The molecule has 0 saturated carbocycles. The lowest BCUT2D eigenvalue weighted by Crippen LogP contribution is -2.10. The Morgan fingerprint density at radius 1 is 1.07 bits per heavy atom. The van der Waals surface area contributed by atoms with Crippen LogP contribution in [0.2, 0.25) is 0 Å². The number of aromatic nitrogens is 4. The number of anilines is 1. The molecule has 3 aromatic heterocycles. The van der Waals surface area contributed by atoms with Crippen LogP contribution in [0.25, 0.3) is 17.0 Å². The molecule has 1 atom stereocenters. The van der Waals surface area contributed by atoms with Crippen LogP contribution in [0.5, 0.6) is 0 Å². The standard InChI is InChI=1S/C21H16F2N6/c1-13(14-6-3-2-4-7-14)27-21-26-11-15(10-24)18(28-21)17-12-25-20-16(19(22)23)8-5-9-29(17)20/h2-9,11-13,19H,1H3,(H,26,27,28)/t13-/m0/s1. The lowest BCUT2D eigenvalue weighted by Gasteiger charge is -2.15. The third-order valence-electron chi connectivity index (χ3n) is 4.60. The van der Waals surface area contributed by atoms with Crippen molar-refractivity contribution in [1.29, 1.82) is 5.26 Å². The second-order valence-electron chi connectivity index (χ2n) is 6.45. The van der Waals surface area contributed by atoms with Crippen LogP contribution in [0.15, 0.2) is 61.1 Å². The van der Waals surface area contributed by atoms with Gasteiger partial charge in [-0.05, 0) is 24.6 Å². The highest BCUT2D eigenvalue weighted by Crippen LogP contribution is 2.28. The number of alkyl halides is 2. The average Bonchev–Trinajstić information content (AvgIpc) is 3.18. The van der Waals surface area contributed by atoms with Crippen LogP contribution in [-0.2, 0) is 0 Å². The Balaban J connectivity index is 1.76. The molecule has 0 aliphatic heterocycles. The van der Waals surface area contributed by atoms with Crippen LogP contribution in [0, 0.1) is 11.3 Å². The second kappa shape index (κ2) is 7.64. The third-order valence-corrected chi connectivity index (χ3v) is 4.60. The van der Waals surface area contributed by atoms with Gasteiger partial charge in [-0.3, -0.25) is 4.40 Å². The average molecular weight is 390 g/mol. The van der Waals surface area contributed by atoms with E-state index in [4.69, 9.17) is 0 Å². The van der Waals surface area contributed by atoms with Crippen molar-refractivity contribution in [2.75, 3.05) is 5.32 Å². The van der Waals surface area contributed by atoms with E-state index in [0.29, 0.717) is 17.3 Å². The van der Waals surface area contributed by atoms with Crippen LogP contribution >= 0.6 is 0 Å². The molecule has 6 nitrogen and oxygen atoms in total. The highest BCUT2D eigenvalue weighted by atomic mass is 19.3. The first-order chi connectivity index (χ1) is 14.1.